The molecule has 0 rings (SSSR count). The van der Waals surface area contributed by atoms with Crippen molar-refractivity contribution in [2.45, 2.75) is 0 Å². The topological polar surface area (TPSA) is 102 Å². The van der Waals surface area contributed by atoms with Crippen LogP contribution in [0.3, 0.4) is 0 Å². The first-order valence-corrected chi connectivity index (χ1v) is 3.02. The third kappa shape index (κ3) is 72300. The van der Waals surface area contributed by atoms with Crippen molar-refractivity contribution in [3.8, 4) is 0 Å². The third-order valence-electron chi connectivity index (χ3n) is 0. The molecule has 0 aliphatic rings. The van der Waals surface area contributed by atoms with Crippen molar-refractivity contribution in [1.29, 1.82) is 4.89 Å². The molecule has 0 aliphatic heterocycles. The van der Waals surface area contributed by atoms with Crippen LogP contribution in [0.2, 0.25) is 0 Å². The number of rotatable bonds is 0. The van der Waals surface area contributed by atoms with Gasteiger partial charge in [-0.2, -0.15) is 0 Å². The number of hydrogen-bond donors (Lipinski definition) is 3. The van der Waals surface area contributed by atoms with E-state index < -0.39 is 7.82 Å². The zero-order chi connectivity index (χ0) is 6.50. The molecule has 7 heavy (non-hydrogen) atoms. The van der Waals surface area contributed by atoms with Gasteiger partial charge in [-0.3, -0.25) is 4.89 Å². The van der Waals surface area contributed by atoms with E-state index in [9.17, 15) is 0 Å². The summed E-state index contributed by atoms with van der Waals surface area (Å²) in [6.45, 7) is 0. The first kappa shape index (κ1) is 10.1. The smallest absolute Gasteiger partial charge is 0.303 e. The van der Waals surface area contributed by atoms with Crippen LogP contribution in [-0.2, 0) is 4.57 Å². The van der Waals surface area contributed by atoms with Gasteiger partial charge in [-0.25, -0.2) is 4.57 Å². The van der Waals surface area contributed by atoms with Crippen LogP contribution in [-0.4, -0.2) is 24.6 Å². The molecule has 0 aliphatic carbocycles. The lowest BCUT2D eigenvalue weighted by molar-refractivity contribution is 0.275. The van der Waals surface area contributed by atoms with Crippen molar-refractivity contribution >= 4 is 17.7 Å². The van der Waals surface area contributed by atoms with Gasteiger partial charge in [0, 0.05) is 0 Å². The summed E-state index contributed by atoms with van der Waals surface area (Å²) in [4.78, 5) is 28.4. The average molecular weight is 140 g/mol. The summed E-state index contributed by atoms with van der Waals surface area (Å²) in [6.07, 6.45) is 0. The Bertz CT molecular complexity index is 82.8. The molecule has 0 fully saturated rings. The first-order valence-electron chi connectivity index (χ1n) is 1.01. The zero-order valence-corrected chi connectivity index (χ0v) is 5.04. The first-order chi connectivity index (χ1) is 3.00. The molecule has 0 unspecified atom stereocenters. The van der Waals surface area contributed by atoms with Gasteiger partial charge in [-0.15, -0.1) is 0 Å². The fourth-order valence-corrected chi connectivity index (χ4v) is 0. The highest BCUT2D eigenvalue weighted by Crippen LogP contribution is 2.25. The Morgan fingerprint density at radius 3 is 1.29 bits per heavy atom. The van der Waals surface area contributed by atoms with Crippen molar-refractivity contribution < 1.29 is 19.2 Å². The number of hydrogen-bond acceptors (Lipinski definition) is 2. The van der Waals surface area contributed by atoms with E-state index in [2.05, 4.69) is 0 Å². The maximum absolute atomic E-state index is 8.88. The molecule has 0 aromatic carbocycles. The largest absolute Gasteiger partial charge is 0.466 e. The molecule has 0 saturated carbocycles. The van der Waals surface area contributed by atoms with E-state index in [1.54, 1.807) is 0 Å². The van der Waals surface area contributed by atoms with Crippen LogP contribution in [0.5, 0.6) is 0 Å². The molecule has 5 nitrogen and oxygen atoms in total. The Balaban J connectivity index is 0. The van der Waals surface area contributed by atoms with Crippen LogP contribution in [0.15, 0.2) is 0 Å². The average Bonchev–Trinajstić information content (AvgIpc) is 1.36. The minimum atomic E-state index is -4.64. The van der Waals surface area contributed by atoms with Crippen LogP contribution in [0.1, 0.15) is 0 Å². The summed E-state index contributed by atoms with van der Waals surface area (Å²) >= 11 is 0. The van der Waals surface area contributed by atoms with Gasteiger partial charge in [0.05, 0.1) is 0 Å². The second-order valence-corrected chi connectivity index (χ2v) is 1.54. The summed E-state index contributed by atoms with van der Waals surface area (Å²) in [5.41, 5.74) is 0. The van der Waals surface area contributed by atoms with Crippen LogP contribution in [0.4, 0.5) is 0 Å². The quantitative estimate of drug-likeness (QED) is 0.287. The van der Waals surface area contributed by atoms with E-state index >= 15 is 0 Å². The monoisotopic (exact) mass is 140 g/mol. The molecular weight excluding hydrogens is 137 g/mol. The van der Waals surface area contributed by atoms with E-state index in [4.69, 9.17) is 24.1 Å². The summed E-state index contributed by atoms with van der Waals surface area (Å²) < 4.78 is 8.88. The van der Waals surface area contributed by atoms with Gasteiger partial charge in [-0.05, 0) is 0 Å². The second-order valence-electron chi connectivity index (χ2n) is 0.513. The molecule has 0 atom stereocenters. The molecule has 0 spiro atoms. The normalized spacial score (nSPS) is 8.71. The molecule has 0 saturated heterocycles. The second kappa shape index (κ2) is 4.20. The Morgan fingerprint density at radius 1 is 1.29 bits per heavy atom. The zero-order valence-electron chi connectivity index (χ0n) is 3.14. The Hall–Kier alpha value is 0.0369. The predicted molar refractivity (Wildman–Crippen MR) is 21.7 cm³/mol. The molecule has 3 N–H and O–H groups in total. The van der Waals surface area contributed by atoms with Crippen LogP contribution in [0, 0.1) is 4.89 Å². The number of nitrogens with zero attached hydrogens (tertiary/aromatic N) is 1. The molecule has 0 aromatic rings. The Kier molecular flexibility index (Phi) is 6.07. The van der Waals surface area contributed by atoms with Gasteiger partial charge in [0.1, 0.15) is 0 Å². The van der Waals surface area contributed by atoms with E-state index in [1.165, 1.54) is 0 Å². The maximum Gasteiger partial charge on any atom is 0.466 e. The minimum absolute atomic E-state index is 1.97. The highest BCUT2D eigenvalue weighted by molar-refractivity contribution is 7.45. The lowest BCUT2D eigenvalue weighted by Gasteiger charge is -1.82. The fraction of sp³-hybridized carbons (Fsp3) is 0. The number of phosphoric acid groups is 1. The minimum Gasteiger partial charge on any atom is -0.303 e. The lowest BCUT2D eigenvalue weighted by atomic mass is 14.0. The van der Waals surface area contributed by atoms with Gasteiger partial charge >= 0.3 is 7.82 Å². The highest BCUT2D eigenvalue weighted by Gasteiger charge is 2.00. The van der Waals surface area contributed by atoms with Crippen LogP contribution >= 0.6 is 7.82 Å². The third-order valence-corrected chi connectivity index (χ3v) is 0. The SMILES string of the molecule is N#[Si].O=P(O)(O)O. The molecule has 0 heterocycles. The molecule has 1 radical (unpaired) electrons. The Labute approximate surface area is 42.9 Å². The summed E-state index contributed by atoms with van der Waals surface area (Å²) in [5, 5.41) is 0. The standard InChI is InChI=1S/NSi.H3O4P/c1-2;1-5(2,3)4/h;(H3,1,2,3,4). The predicted octanol–water partition coefficient (Wildman–Crippen LogP) is -1.29. The van der Waals surface area contributed by atoms with Gasteiger partial charge < -0.3 is 14.7 Å². The molecule has 7 heteroatoms. The lowest BCUT2D eigenvalue weighted by Crippen LogP contribution is -1.66. The van der Waals surface area contributed by atoms with Gasteiger partial charge in [0.25, 0.3) is 9.88 Å². The van der Waals surface area contributed by atoms with Gasteiger partial charge in [-0.1, -0.05) is 0 Å². The van der Waals surface area contributed by atoms with E-state index in [0.717, 1.165) is 0 Å². The van der Waals surface area contributed by atoms with E-state index in [1.807, 2.05) is 9.88 Å². The fourth-order valence-electron chi connectivity index (χ4n) is 0. The highest BCUT2D eigenvalue weighted by atomic mass is 31.2. The van der Waals surface area contributed by atoms with Crippen molar-refractivity contribution in [2.75, 3.05) is 0 Å². The van der Waals surface area contributed by atoms with Gasteiger partial charge in [0.15, 0.2) is 0 Å². The van der Waals surface area contributed by atoms with Crippen LogP contribution < -0.4 is 0 Å². The van der Waals surface area contributed by atoms with Gasteiger partial charge in [0.2, 0.25) is 0 Å². The van der Waals surface area contributed by atoms with Crippen molar-refractivity contribution in [3.63, 3.8) is 0 Å². The molecule has 0 amide bonds. The Morgan fingerprint density at radius 2 is 1.29 bits per heavy atom. The summed E-state index contributed by atoms with van der Waals surface area (Å²) in [6, 6.07) is 0. The molecular formula is H3NO4PSi. The van der Waals surface area contributed by atoms with Crippen molar-refractivity contribution in [1.82, 2.24) is 0 Å². The van der Waals surface area contributed by atoms with Crippen molar-refractivity contribution in [2.24, 2.45) is 0 Å². The molecule has 0 bridgehead atoms. The maximum atomic E-state index is 8.88. The van der Waals surface area contributed by atoms with Crippen molar-refractivity contribution in [3.05, 3.63) is 0 Å². The summed E-state index contributed by atoms with van der Waals surface area (Å²) in [7, 11) is -2.67. The summed E-state index contributed by atoms with van der Waals surface area (Å²) in [5.74, 6) is 0. The molecule has 41 valence electrons. The van der Waals surface area contributed by atoms with E-state index in [-0.39, 0.29) is 0 Å². The van der Waals surface area contributed by atoms with E-state index in [0.29, 0.717) is 0 Å². The van der Waals surface area contributed by atoms with Crippen LogP contribution in [0.25, 0.3) is 0 Å². The molecule has 0 aromatic heterocycles.